The molecule has 0 atom stereocenters. The number of aliphatic carboxylic acids is 1. The van der Waals surface area contributed by atoms with Crippen LogP contribution in [0.5, 0.6) is 0 Å². The molecule has 0 bridgehead atoms. The van der Waals surface area contributed by atoms with Crippen LogP contribution in [0.2, 0.25) is 0 Å². The van der Waals surface area contributed by atoms with Gasteiger partial charge in [-0.15, -0.1) is 0 Å². The number of nitriles is 1. The van der Waals surface area contributed by atoms with Crippen LogP contribution >= 0.6 is 0 Å². The Kier molecular flexibility index (Phi) is 5.92. The van der Waals surface area contributed by atoms with E-state index in [0.717, 1.165) is 4.46 Å². The van der Waals surface area contributed by atoms with E-state index in [2.05, 4.69) is 10.3 Å². The molecule has 94 valence electrons. The molecule has 1 amide bonds. The van der Waals surface area contributed by atoms with E-state index in [1.165, 1.54) is 0 Å². The molecule has 1 aromatic carbocycles. The molecule has 18 heavy (non-hydrogen) atoms. The number of rotatable bonds is 6. The Morgan fingerprint density at radius 1 is 1.28 bits per heavy atom. The van der Waals surface area contributed by atoms with Crippen LogP contribution in [-0.4, -0.2) is 31.9 Å². The predicted molar refractivity (Wildman–Crippen MR) is 67.6 cm³/mol. The monoisotopic (exact) mass is 312 g/mol. The minimum atomic E-state index is -0.897. The van der Waals surface area contributed by atoms with E-state index in [4.69, 9.17) is 10.4 Å². The van der Waals surface area contributed by atoms with Crippen molar-refractivity contribution in [2.75, 3.05) is 5.32 Å². The van der Waals surface area contributed by atoms with Gasteiger partial charge in [0.25, 0.3) is 0 Å². The number of carbonyl (C=O) groups is 2. The maximum absolute atomic E-state index is 11.5. The van der Waals surface area contributed by atoms with Crippen LogP contribution in [0.4, 0.5) is 5.69 Å². The average Bonchev–Trinajstić information content (AvgIpc) is 2.31. The molecule has 0 saturated carbocycles. The van der Waals surface area contributed by atoms with E-state index in [9.17, 15) is 9.59 Å². The van der Waals surface area contributed by atoms with Gasteiger partial charge < -0.3 is 0 Å². The summed E-state index contributed by atoms with van der Waals surface area (Å²) in [4.78, 5) is 23.8. The molecule has 1 rings (SSSR count). The van der Waals surface area contributed by atoms with E-state index in [1.807, 2.05) is 0 Å². The Labute approximate surface area is 111 Å². The summed E-state index contributed by atoms with van der Waals surface area (Å²) in [6.45, 7) is 0. The van der Waals surface area contributed by atoms with Crippen LogP contribution in [0.3, 0.4) is 0 Å². The van der Waals surface area contributed by atoms with Gasteiger partial charge >= 0.3 is 111 Å². The van der Waals surface area contributed by atoms with Crippen LogP contribution in [0.1, 0.15) is 19.3 Å². The van der Waals surface area contributed by atoms with Crippen molar-refractivity contribution in [1.29, 1.82) is 5.26 Å². The molecule has 0 fully saturated rings. The van der Waals surface area contributed by atoms with E-state index < -0.39 is 5.97 Å². The fourth-order valence-corrected chi connectivity index (χ4v) is 2.07. The summed E-state index contributed by atoms with van der Waals surface area (Å²) >= 11 is -0.190. The molecular weight excluding hydrogens is 299 g/mol. The molecule has 0 aromatic heterocycles. The number of amides is 1. The Morgan fingerprint density at radius 3 is 2.50 bits per heavy atom. The van der Waals surface area contributed by atoms with Crippen molar-refractivity contribution in [2.45, 2.75) is 19.3 Å². The zero-order valence-corrected chi connectivity index (χ0v) is 11.3. The molecule has 0 heterocycles. The van der Waals surface area contributed by atoms with Crippen LogP contribution in [0.15, 0.2) is 24.3 Å². The molecule has 0 saturated heterocycles. The van der Waals surface area contributed by atoms with Gasteiger partial charge in [0.2, 0.25) is 0 Å². The standard InChI is InChI=1S/C12H12N2O3Se/c13-8-18-10-6-4-9(5-7-10)14-11(15)2-1-3-12(16)17/h4-7H,1-3H2,(H,14,15)(H,16,17). The van der Waals surface area contributed by atoms with E-state index in [1.54, 1.807) is 24.3 Å². The fraction of sp³-hybridized carbons (Fsp3) is 0.250. The number of nitrogens with one attached hydrogen (secondary N) is 1. The van der Waals surface area contributed by atoms with Gasteiger partial charge in [0.15, 0.2) is 0 Å². The fourth-order valence-electron chi connectivity index (χ4n) is 1.28. The Balaban J connectivity index is 2.40. The number of anilines is 1. The number of carboxylic acid groups (broad SMARTS) is 1. The Bertz CT molecular complexity index is 465. The second kappa shape index (κ2) is 7.49. The van der Waals surface area contributed by atoms with Gasteiger partial charge in [0, 0.05) is 0 Å². The van der Waals surface area contributed by atoms with Crippen LogP contribution in [0.25, 0.3) is 0 Å². The first kappa shape index (κ1) is 14.2. The summed E-state index contributed by atoms with van der Waals surface area (Å²) in [5, 5.41) is 19.7. The van der Waals surface area contributed by atoms with Gasteiger partial charge in [0.1, 0.15) is 0 Å². The molecule has 0 aliphatic heterocycles. The second-order valence-electron chi connectivity index (χ2n) is 3.51. The molecule has 6 heteroatoms. The van der Waals surface area contributed by atoms with Crippen molar-refractivity contribution >= 4 is 37.0 Å². The summed E-state index contributed by atoms with van der Waals surface area (Å²) in [7, 11) is 0. The van der Waals surface area contributed by atoms with Crippen molar-refractivity contribution in [1.82, 2.24) is 0 Å². The number of hydrogen-bond acceptors (Lipinski definition) is 3. The van der Waals surface area contributed by atoms with Crippen molar-refractivity contribution < 1.29 is 14.7 Å². The van der Waals surface area contributed by atoms with Gasteiger partial charge in [-0.25, -0.2) is 0 Å². The van der Waals surface area contributed by atoms with E-state index in [-0.39, 0.29) is 33.7 Å². The molecule has 0 unspecified atom stereocenters. The van der Waals surface area contributed by atoms with E-state index >= 15 is 0 Å². The molecule has 0 radical (unpaired) electrons. The van der Waals surface area contributed by atoms with Gasteiger partial charge in [-0.05, 0) is 0 Å². The van der Waals surface area contributed by atoms with Crippen LogP contribution < -0.4 is 9.78 Å². The van der Waals surface area contributed by atoms with Crippen molar-refractivity contribution in [3.05, 3.63) is 24.3 Å². The summed E-state index contributed by atoms with van der Waals surface area (Å²) in [6.07, 6.45) is 0.518. The minimum absolute atomic E-state index is 0.00293. The third kappa shape index (κ3) is 5.48. The van der Waals surface area contributed by atoms with Gasteiger partial charge in [-0.1, -0.05) is 0 Å². The summed E-state index contributed by atoms with van der Waals surface area (Å²) < 4.78 is 0.953. The summed E-state index contributed by atoms with van der Waals surface area (Å²) in [5.74, 6) is -1.10. The summed E-state index contributed by atoms with van der Waals surface area (Å²) in [5.41, 5.74) is 0.660. The zero-order chi connectivity index (χ0) is 13.4. The topological polar surface area (TPSA) is 90.2 Å². The van der Waals surface area contributed by atoms with E-state index in [0.29, 0.717) is 12.1 Å². The first-order valence-corrected chi connectivity index (χ1v) is 7.01. The van der Waals surface area contributed by atoms with Gasteiger partial charge in [0.05, 0.1) is 0 Å². The van der Waals surface area contributed by atoms with Crippen molar-refractivity contribution in [3.8, 4) is 4.97 Å². The molecular formula is C12H12N2O3Se. The number of carbonyl (C=O) groups excluding carboxylic acids is 1. The third-order valence-electron chi connectivity index (χ3n) is 2.10. The average molecular weight is 311 g/mol. The first-order chi connectivity index (χ1) is 8.61. The van der Waals surface area contributed by atoms with Crippen molar-refractivity contribution in [3.63, 3.8) is 0 Å². The molecule has 0 spiro atoms. The van der Waals surface area contributed by atoms with Crippen LogP contribution in [0, 0.1) is 10.2 Å². The zero-order valence-electron chi connectivity index (χ0n) is 9.55. The molecule has 0 aliphatic carbocycles. The SMILES string of the molecule is N#C[Se]c1ccc(NC(=O)CCCC(=O)O)cc1. The van der Waals surface area contributed by atoms with Crippen LogP contribution in [-0.2, 0) is 9.59 Å². The molecule has 5 nitrogen and oxygen atoms in total. The Morgan fingerprint density at radius 2 is 1.94 bits per heavy atom. The number of hydrogen-bond donors (Lipinski definition) is 2. The number of carboxylic acids is 1. The Hall–Kier alpha value is -1.83. The molecule has 2 N–H and O–H groups in total. The first-order valence-electron chi connectivity index (χ1n) is 5.29. The normalized spacial score (nSPS) is 9.50. The van der Waals surface area contributed by atoms with Gasteiger partial charge in [-0.2, -0.15) is 0 Å². The van der Waals surface area contributed by atoms with Crippen molar-refractivity contribution in [2.24, 2.45) is 0 Å². The molecule has 0 aliphatic rings. The molecule has 1 aromatic rings. The summed E-state index contributed by atoms with van der Waals surface area (Å²) in [6, 6.07) is 7.08. The second-order valence-corrected chi connectivity index (χ2v) is 5.31. The maximum atomic E-state index is 11.5. The number of benzene rings is 1. The quantitative estimate of drug-likeness (QED) is 0.756. The third-order valence-corrected chi connectivity index (χ3v) is 3.35. The predicted octanol–water partition coefficient (Wildman–Crippen LogP) is 0.691. The number of nitrogens with zero attached hydrogens (tertiary/aromatic N) is 1. The van der Waals surface area contributed by atoms with Gasteiger partial charge in [-0.3, -0.25) is 0 Å².